The molecule has 0 radical (unpaired) electrons. The van der Waals surface area contributed by atoms with Crippen LogP contribution in [0.15, 0.2) is 0 Å². The molecule has 2 fully saturated rings. The predicted octanol–water partition coefficient (Wildman–Crippen LogP) is 1.39. The number of hydrogen-bond donors (Lipinski definition) is 0. The van der Waals surface area contributed by atoms with E-state index in [1.54, 1.807) is 4.31 Å². The van der Waals surface area contributed by atoms with Crippen LogP contribution in [0.4, 0.5) is 0 Å². The van der Waals surface area contributed by atoms with Gasteiger partial charge in [-0.05, 0) is 12.3 Å². The van der Waals surface area contributed by atoms with E-state index in [1.165, 1.54) is 25.6 Å². The minimum atomic E-state index is -2.98. The summed E-state index contributed by atoms with van der Waals surface area (Å²) >= 11 is 0. The zero-order chi connectivity index (χ0) is 13.4. The Morgan fingerprint density at radius 3 is 2.22 bits per heavy atom. The molecule has 2 saturated heterocycles. The zero-order valence-corrected chi connectivity index (χ0v) is 12.7. The summed E-state index contributed by atoms with van der Waals surface area (Å²) in [6.45, 7) is 9.34. The highest BCUT2D eigenvalue weighted by molar-refractivity contribution is 7.88. The van der Waals surface area contributed by atoms with Gasteiger partial charge in [-0.15, -0.1) is 0 Å². The summed E-state index contributed by atoms with van der Waals surface area (Å²) in [6.07, 6.45) is 4.86. The number of likely N-dealkylation sites (tertiary alicyclic amines) is 1. The fourth-order valence-corrected chi connectivity index (χ4v) is 4.31. The fourth-order valence-electron chi connectivity index (χ4n) is 3.38. The van der Waals surface area contributed by atoms with Crippen LogP contribution in [0, 0.1) is 11.3 Å². The third-order valence-corrected chi connectivity index (χ3v) is 5.91. The van der Waals surface area contributed by atoms with Gasteiger partial charge in [0.05, 0.1) is 6.26 Å². The molecule has 0 aromatic heterocycles. The van der Waals surface area contributed by atoms with Gasteiger partial charge in [0.1, 0.15) is 0 Å². The normalized spacial score (nSPS) is 24.9. The van der Waals surface area contributed by atoms with Crippen molar-refractivity contribution >= 4 is 10.0 Å². The lowest BCUT2D eigenvalue weighted by Gasteiger charge is -2.49. The number of sulfonamides is 1. The largest absolute Gasteiger partial charge is 0.302 e. The molecule has 0 atom stereocenters. The Kier molecular flexibility index (Phi) is 4.04. The van der Waals surface area contributed by atoms with Gasteiger partial charge in [0, 0.05) is 38.1 Å². The first kappa shape index (κ1) is 14.3. The van der Waals surface area contributed by atoms with Gasteiger partial charge in [-0.2, -0.15) is 0 Å². The molecule has 0 amide bonds. The molecule has 2 aliphatic rings. The predicted molar refractivity (Wildman–Crippen MR) is 74.0 cm³/mol. The molecule has 0 aromatic rings. The van der Waals surface area contributed by atoms with E-state index >= 15 is 0 Å². The lowest BCUT2D eigenvalue weighted by molar-refractivity contribution is 0.000799. The van der Waals surface area contributed by atoms with Gasteiger partial charge in [0.25, 0.3) is 0 Å². The maximum atomic E-state index is 11.5. The van der Waals surface area contributed by atoms with Gasteiger partial charge in [-0.1, -0.05) is 26.7 Å². The minimum Gasteiger partial charge on any atom is -0.302 e. The van der Waals surface area contributed by atoms with Crippen LogP contribution in [0.5, 0.6) is 0 Å². The van der Waals surface area contributed by atoms with Crippen molar-refractivity contribution in [2.75, 3.05) is 39.0 Å². The van der Waals surface area contributed by atoms with Crippen LogP contribution in [-0.2, 0) is 10.0 Å². The molecule has 106 valence electrons. The minimum absolute atomic E-state index is 0.273. The Morgan fingerprint density at radius 2 is 1.78 bits per heavy atom. The highest BCUT2D eigenvalue weighted by Gasteiger charge is 2.49. The summed E-state index contributed by atoms with van der Waals surface area (Å²) in [7, 11) is -2.98. The summed E-state index contributed by atoms with van der Waals surface area (Å²) in [5, 5.41) is 0. The highest BCUT2D eigenvalue weighted by atomic mass is 32.2. The van der Waals surface area contributed by atoms with Crippen LogP contribution in [0.25, 0.3) is 0 Å². The molecule has 0 bridgehead atoms. The molecular weight excluding hydrogens is 248 g/mol. The van der Waals surface area contributed by atoms with Crippen molar-refractivity contribution in [2.45, 2.75) is 33.1 Å². The third-order valence-electron chi connectivity index (χ3n) is 4.66. The van der Waals surface area contributed by atoms with E-state index in [0.717, 1.165) is 38.5 Å². The van der Waals surface area contributed by atoms with Crippen molar-refractivity contribution in [1.29, 1.82) is 0 Å². The van der Waals surface area contributed by atoms with Crippen LogP contribution in [0.2, 0.25) is 0 Å². The monoisotopic (exact) mass is 274 g/mol. The summed E-state index contributed by atoms with van der Waals surface area (Å²) in [5.74, 6) is 0.801. The Balaban J connectivity index is 1.82. The average Bonchev–Trinajstić information content (AvgIpc) is 2.69. The van der Waals surface area contributed by atoms with E-state index in [0.29, 0.717) is 0 Å². The highest BCUT2D eigenvalue weighted by Crippen LogP contribution is 2.40. The maximum absolute atomic E-state index is 11.5. The number of nitrogens with zero attached hydrogens (tertiary/aromatic N) is 2. The Labute approximate surface area is 111 Å². The van der Waals surface area contributed by atoms with E-state index in [4.69, 9.17) is 0 Å². The van der Waals surface area contributed by atoms with Crippen LogP contribution >= 0.6 is 0 Å². The van der Waals surface area contributed by atoms with Gasteiger partial charge < -0.3 is 4.90 Å². The molecule has 2 aliphatic heterocycles. The average molecular weight is 274 g/mol. The Morgan fingerprint density at radius 1 is 1.17 bits per heavy atom. The van der Waals surface area contributed by atoms with Gasteiger partial charge in [0.15, 0.2) is 0 Å². The van der Waals surface area contributed by atoms with Crippen molar-refractivity contribution in [2.24, 2.45) is 11.3 Å². The molecule has 2 rings (SSSR count). The molecule has 4 nitrogen and oxygen atoms in total. The standard InChI is InChI=1S/C13H26N2O2S/c1-4-12(5-2)8-14-9-13(10-14)6-7-15(11-13)18(3,16)17/h12H,4-11H2,1-3H3. The molecule has 0 saturated carbocycles. The lowest BCUT2D eigenvalue weighted by Crippen LogP contribution is -2.58. The van der Waals surface area contributed by atoms with Gasteiger partial charge in [-0.3, -0.25) is 0 Å². The fraction of sp³-hybridized carbons (Fsp3) is 1.00. The van der Waals surface area contributed by atoms with Crippen LogP contribution in [-0.4, -0.2) is 56.6 Å². The molecule has 18 heavy (non-hydrogen) atoms. The van der Waals surface area contributed by atoms with Crippen molar-refractivity contribution in [3.63, 3.8) is 0 Å². The molecule has 5 heteroatoms. The first-order chi connectivity index (χ1) is 8.38. The van der Waals surface area contributed by atoms with Crippen LogP contribution < -0.4 is 0 Å². The van der Waals surface area contributed by atoms with Gasteiger partial charge in [-0.25, -0.2) is 12.7 Å². The van der Waals surface area contributed by atoms with Gasteiger partial charge in [0.2, 0.25) is 10.0 Å². The summed E-state index contributed by atoms with van der Waals surface area (Å²) in [5.41, 5.74) is 0.273. The summed E-state index contributed by atoms with van der Waals surface area (Å²) < 4.78 is 24.7. The van der Waals surface area contributed by atoms with Crippen LogP contribution in [0.3, 0.4) is 0 Å². The first-order valence-corrected chi connectivity index (χ1v) is 8.91. The molecule has 0 unspecified atom stereocenters. The lowest BCUT2D eigenvalue weighted by atomic mass is 9.78. The molecule has 0 aliphatic carbocycles. The SMILES string of the molecule is CCC(CC)CN1CC2(CCN(S(C)(=O)=O)C2)C1. The summed E-state index contributed by atoms with van der Waals surface area (Å²) in [4.78, 5) is 2.50. The van der Waals surface area contributed by atoms with Crippen molar-refractivity contribution in [3.05, 3.63) is 0 Å². The second kappa shape index (κ2) is 5.10. The number of rotatable bonds is 5. The summed E-state index contributed by atoms with van der Waals surface area (Å²) in [6, 6.07) is 0. The van der Waals surface area contributed by atoms with E-state index in [9.17, 15) is 8.42 Å². The quantitative estimate of drug-likeness (QED) is 0.761. The molecule has 0 aromatic carbocycles. The molecule has 2 heterocycles. The zero-order valence-electron chi connectivity index (χ0n) is 11.9. The Bertz CT molecular complexity index is 384. The van der Waals surface area contributed by atoms with Crippen molar-refractivity contribution in [1.82, 2.24) is 9.21 Å². The molecule has 0 N–H and O–H groups in total. The topological polar surface area (TPSA) is 40.6 Å². The third kappa shape index (κ3) is 2.89. The second-order valence-corrected chi connectivity index (χ2v) is 8.18. The van der Waals surface area contributed by atoms with Crippen molar-refractivity contribution in [3.8, 4) is 0 Å². The van der Waals surface area contributed by atoms with Gasteiger partial charge >= 0.3 is 0 Å². The van der Waals surface area contributed by atoms with E-state index in [2.05, 4.69) is 18.7 Å². The van der Waals surface area contributed by atoms with E-state index in [-0.39, 0.29) is 5.41 Å². The number of hydrogen-bond acceptors (Lipinski definition) is 3. The van der Waals surface area contributed by atoms with E-state index in [1.807, 2.05) is 0 Å². The van der Waals surface area contributed by atoms with E-state index < -0.39 is 10.0 Å². The molecular formula is C13H26N2O2S. The smallest absolute Gasteiger partial charge is 0.211 e. The first-order valence-electron chi connectivity index (χ1n) is 7.06. The maximum Gasteiger partial charge on any atom is 0.211 e. The molecule has 1 spiro atoms. The Hall–Kier alpha value is -0.130. The van der Waals surface area contributed by atoms with Crippen LogP contribution in [0.1, 0.15) is 33.1 Å². The second-order valence-electron chi connectivity index (χ2n) is 6.20. The van der Waals surface area contributed by atoms with Crippen molar-refractivity contribution < 1.29 is 8.42 Å².